The van der Waals surface area contributed by atoms with Gasteiger partial charge in [0.25, 0.3) is 0 Å². The Balaban J connectivity index is 1.25. The van der Waals surface area contributed by atoms with Gasteiger partial charge in [-0.05, 0) is 85.1 Å². The highest BCUT2D eigenvalue weighted by Gasteiger charge is 2.47. The van der Waals surface area contributed by atoms with Crippen molar-refractivity contribution in [3.05, 3.63) is 57.6 Å². The van der Waals surface area contributed by atoms with Gasteiger partial charge < -0.3 is 14.8 Å². The van der Waals surface area contributed by atoms with Gasteiger partial charge in [0.1, 0.15) is 6.61 Å². The molecule has 4 aliphatic carbocycles. The Morgan fingerprint density at radius 1 is 0.900 bits per heavy atom. The van der Waals surface area contributed by atoms with Crippen LogP contribution in [0.4, 0.5) is 0 Å². The fraction of sp³-hybridized carbons (Fsp3) is 0.520. The zero-order valence-electron chi connectivity index (χ0n) is 17.4. The molecule has 0 spiro atoms. The highest BCUT2D eigenvalue weighted by atomic mass is 35.5. The Labute approximate surface area is 189 Å². The summed E-state index contributed by atoms with van der Waals surface area (Å²) in [6.45, 7) is 1.22. The van der Waals surface area contributed by atoms with Crippen molar-refractivity contribution in [2.45, 2.75) is 51.3 Å². The molecule has 0 aliphatic heterocycles. The number of methoxy groups -OCH3 is 1. The van der Waals surface area contributed by atoms with E-state index >= 15 is 0 Å². The Bertz CT molecular complexity index is 871. The number of hydrogen-bond donors (Lipinski definition) is 1. The Morgan fingerprint density at radius 3 is 2.20 bits per heavy atom. The van der Waals surface area contributed by atoms with E-state index in [0.29, 0.717) is 18.4 Å². The maximum Gasteiger partial charge on any atom is 0.163 e. The molecule has 0 heterocycles. The molecule has 4 bridgehead atoms. The second-order valence-electron chi connectivity index (χ2n) is 9.35. The third-order valence-corrected chi connectivity index (χ3v) is 8.00. The van der Waals surface area contributed by atoms with Crippen LogP contribution in [0.3, 0.4) is 0 Å². The highest BCUT2D eigenvalue weighted by molar-refractivity contribution is 6.31. The average Bonchev–Trinajstić information content (AvgIpc) is 2.73. The van der Waals surface area contributed by atoms with Crippen LogP contribution in [0.2, 0.25) is 10.0 Å². The smallest absolute Gasteiger partial charge is 0.163 e. The van der Waals surface area contributed by atoms with Crippen LogP contribution < -0.4 is 14.8 Å². The van der Waals surface area contributed by atoms with Crippen LogP contribution in [0.5, 0.6) is 11.5 Å². The van der Waals surface area contributed by atoms with E-state index in [9.17, 15) is 0 Å². The monoisotopic (exact) mass is 445 g/mol. The van der Waals surface area contributed by atoms with Crippen molar-refractivity contribution >= 4 is 23.2 Å². The number of benzene rings is 2. The van der Waals surface area contributed by atoms with Crippen LogP contribution in [0.15, 0.2) is 36.4 Å². The molecule has 160 valence electrons. The Morgan fingerprint density at radius 2 is 1.57 bits per heavy atom. The molecule has 1 N–H and O–H groups in total. The SMILES string of the molecule is COc1cc(CNC2C3CC4CC(C3)CC2C4)c(Cl)cc1OCc1ccc(Cl)cc1. The van der Waals surface area contributed by atoms with Gasteiger partial charge in [-0.25, -0.2) is 0 Å². The van der Waals surface area contributed by atoms with Gasteiger partial charge in [0.05, 0.1) is 7.11 Å². The molecular weight excluding hydrogens is 417 g/mol. The minimum Gasteiger partial charge on any atom is -0.493 e. The molecule has 0 radical (unpaired) electrons. The van der Waals surface area contributed by atoms with Gasteiger partial charge in [-0.15, -0.1) is 0 Å². The summed E-state index contributed by atoms with van der Waals surface area (Å²) in [4.78, 5) is 0. The maximum absolute atomic E-state index is 6.64. The van der Waals surface area contributed by atoms with Gasteiger partial charge in [-0.1, -0.05) is 35.3 Å². The van der Waals surface area contributed by atoms with E-state index in [-0.39, 0.29) is 0 Å². The van der Waals surface area contributed by atoms with E-state index in [2.05, 4.69) is 5.32 Å². The second kappa shape index (κ2) is 8.61. The topological polar surface area (TPSA) is 30.5 Å². The van der Waals surface area contributed by atoms with Gasteiger partial charge in [0, 0.05) is 28.7 Å². The van der Waals surface area contributed by atoms with E-state index < -0.39 is 0 Å². The Hall–Kier alpha value is -1.42. The van der Waals surface area contributed by atoms with Crippen LogP contribution in [0, 0.1) is 23.7 Å². The molecule has 0 aromatic heterocycles. The lowest BCUT2D eigenvalue weighted by molar-refractivity contribution is -0.0142. The Kier molecular flexibility index (Phi) is 5.88. The molecule has 0 atom stereocenters. The quantitative estimate of drug-likeness (QED) is 0.527. The summed E-state index contributed by atoms with van der Waals surface area (Å²) in [6.07, 6.45) is 7.15. The van der Waals surface area contributed by atoms with Crippen molar-refractivity contribution in [3.8, 4) is 11.5 Å². The summed E-state index contributed by atoms with van der Waals surface area (Å²) in [5, 5.41) is 5.30. The van der Waals surface area contributed by atoms with Gasteiger partial charge in [0.15, 0.2) is 11.5 Å². The van der Waals surface area contributed by atoms with Crippen molar-refractivity contribution in [2.75, 3.05) is 7.11 Å². The fourth-order valence-electron chi connectivity index (χ4n) is 6.21. The van der Waals surface area contributed by atoms with Crippen molar-refractivity contribution in [2.24, 2.45) is 23.7 Å². The normalized spacial score (nSPS) is 29.2. The minimum absolute atomic E-state index is 0.440. The molecule has 3 nitrogen and oxygen atoms in total. The molecule has 0 saturated heterocycles. The number of ether oxygens (including phenoxy) is 2. The predicted molar refractivity (Wildman–Crippen MR) is 121 cm³/mol. The second-order valence-corrected chi connectivity index (χ2v) is 10.2. The first-order valence-corrected chi connectivity index (χ1v) is 11.8. The summed E-state index contributed by atoms with van der Waals surface area (Å²) in [6, 6.07) is 12.2. The number of nitrogens with one attached hydrogen (secondary N) is 1. The summed E-state index contributed by atoms with van der Waals surface area (Å²) >= 11 is 12.6. The van der Waals surface area contributed by atoms with Crippen LogP contribution in [0.25, 0.3) is 0 Å². The van der Waals surface area contributed by atoms with Gasteiger partial charge in [-0.3, -0.25) is 0 Å². The van der Waals surface area contributed by atoms with E-state index in [4.69, 9.17) is 32.7 Å². The molecule has 5 heteroatoms. The van der Waals surface area contributed by atoms with Crippen molar-refractivity contribution < 1.29 is 9.47 Å². The first-order valence-electron chi connectivity index (χ1n) is 11.1. The van der Waals surface area contributed by atoms with Crippen molar-refractivity contribution in [1.82, 2.24) is 5.32 Å². The van der Waals surface area contributed by atoms with E-state index in [1.165, 1.54) is 32.1 Å². The van der Waals surface area contributed by atoms with Gasteiger partial charge in [-0.2, -0.15) is 0 Å². The lowest BCUT2D eigenvalue weighted by atomic mass is 9.54. The summed E-state index contributed by atoms with van der Waals surface area (Å²) in [5.74, 6) is 5.07. The molecule has 4 fully saturated rings. The van der Waals surface area contributed by atoms with Crippen molar-refractivity contribution in [1.29, 1.82) is 0 Å². The molecule has 0 unspecified atom stereocenters. The molecule has 2 aromatic carbocycles. The molecule has 0 amide bonds. The molecule has 4 aliphatic rings. The molecule has 30 heavy (non-hydrogen) atoms. The maximum atomic E-state index is 6.64. The number of rotatable bonds is 7. The standard InChI is InChI=1S/C25H29Cl2NO2/c1-29-23-11-20(13-28-25-18-7-16-6-17(9-18)10-19(25)8-16)22(27)12-24(23)30-14-15-2-4-21(26)5-3-15/h2-5,11-12,16-19,25,28H,6-10,13-14H2,1H3. The van der Waals surface area contributed by atoms with Crippen LogP contribution in [-0.2, 0) is 13.2 Å². The molecule has 4 saturated carbocycles. The minimum atomic E-state index is 0.440. The van der Waals surface area contributed by atoms with Gasteiger partial charge >= 0.3 is 0 Å². The lowest BCUT2D eigenvalue weighted by Gasteiger charge is -2.54. The zero-order chi connectivity index (χ0) is 20.7. The van der Waals surface area contributed by atoms with Crippen LogP contribution in [-0.4, -0.2) is 13.2 Å². The lowest BCUT2D eigenvalue weighted by Crippen LogP contribution is -2.54. The third-order valence-electron chi connectivity index (χ3n) is 7.40. The largest absolute Gasteiger partial charge is 0.493 e. The third kappa shape index (κ3) is 4.17. The van der Waals surface area contributed by atoms with Crippen molar-refractivity contribution in [3.63, 3.8) is 0 Å². The highest BCUT2D eigenvalue weighted by Crippen LogP contribution is 2.53. The van der Waals surface area contributed by atoms with E-state index in [0.717, 1.165) is 57.1 Å². The molecular formula is C25H29Cl2NO2. The zero-order valence-corrected chi connectivity index (χ0v) is 18.9. The first kappa shape index (κ1) is 20.5. The summed E-state index contributed by atoms with van der Waals surface area (Å²) < 4.78 is 11.6. The van der Waals surface area contributed by atoms with E-state index in [1.54, 1.807) is 7.11 Å². The van der Waals surface area contributed by atoms with Crippen LogP contribution in [0.1, 0.15) is 43.2 Å². The average molecular weight is 446 g/mol. The molecule has 2 aromatic rings. The first-order chi connectivity index (χ1) is 14.6. The van der Waals surface area contributed by atoms with Crippen LogP contribution >= 0.6 is 23.2 Å². The predicted octanol–water partition coefficient (Wildman–Crippen LogP) is 6.50. The molecule has 6 rings (SSSR count). The van der Waals surface area contributed by atoms with E-state index in [1.807, 2.05) is 36.4 Å². The fourth-order valence-corrected chi connectivity index (χ4v) is 6.56. The van der Waals surface area contributed by atoms with Gasteiger partial charge in [0.2, 0.25) is 0 Å². The number of halogens is 2. The number of hydrogen-bond acceptors (Lipinski definition) is 3. The summed E-state index contributed by atoms with van der Waals surface area (Å²) in [5.41, 5.74) is 2.12. The summed E-state index contributed by atoms with van der Waals surface area (Å²) in [7, 11) is 1.67.